The molecule has 0 heterocycles. The normalized spacial score (nSPS) is 12.7. The number of aryl methyl sites for hydroxylation is 1. The molecule has 0 saturated carbocycles. The van der Waals surface area contributed by atoms with E-state index in [0.717, 1.165) is 5.56 Å². The third-order valence-corrected chi connectivity index (χ3v) is 3.56. The molecule has 1 amide bonds. The molecule has 0 spiro atoms. The van der Waals surface area contributed by atoms with Crippen molar-refractivity contribution in [3.63, 3.8) is 0 Å². The van der Waals surface area contributed by atoms with Crippen LogP contribution >= 0.6 is 0 Å². The van der Waals surface area contributed by atoms with Crippen LogP contribution in [0.1, 0.15) is 36.1 Å². The minimum Gasteiger partial charge on any atom is -0.343 e. The van der Waals surface area contributed by atoms with Crippen molar-refractivity contribution in [3.05, 3.63) is 71.3 Å². The van der Waals surface area contributed by atoms with Crippen molar-refractivity contribution < 1.29 is 13.6 Å². The van der Waals surface area contributed by atoms with E-state index in [1.54, 1.807) is 49.4 Å². The summed E-state index contributed by atoms with van der Waals surface area (Å²) in [6, 6.07) is 13.0. The van der Waals surface area contributed by atoms with Crippen LogP contribution in [0.2, 0.25) is 0 Å². The number of hydrogen-bond donors (Lipinski definition) is 1. The second kappa shape index (κ2) is 6.69. The van der Waals surface area contributed by atoms with Gasteiger partial charge in [-0.1, -0.05) is 67.1 Å². The Labute approximate surface area is 129 Å². The number of carbonyl (C=O) groups excluding carboxylic acids is 1. The zero-order valence-electron chi connectivity index (χ0n) is 12.6. The number of amides is 1. The lowest BCUT2D eigenvalue weighted by Crippen LogP contribution is -2.38. The molecule has 0 fully saturated rings. The van der Waals surface area contributed by atoms with Crippen LogP contribution in [0, 0.1) is 6.92 Å². The molecule has 0 aromatic heterocycles. The first-order chi connectivity index (χ1) is 10.4. The van der Waals surface area contributed by atoms with Crippen molar-refractivity contribution in [3.8, 4) is 0 Å². The fraction of sp³-hybridized carbons (Fsp3) is 0.278. The van der Waals surface area contributed by atoms with E-state index in [1.165, 1.54) is 12.1 Å². The van der Waals surface area contributed by atoms with Gasteiger partial charge in [-0.15, -0.1) is 0 Å². The van der Waals surface area contributed by atoms with Crippen molar-refractivity contribution in [2.75, 3.05) is 0 Å². The predicted molar refractivity (Wildman–Crippen MR) is 82.7 cm³/mol. The summed E-state index contributed by atoms with van der Waals surface area (Å²) in [4.78, 5) is 11.7. The molecule has 0 radical (unpaired) electrons. The smallest absolute Gasteiger partial charge is 0.297 e. The van der Waals surface area contributed by atoms with E-state index in [9.17, 15) is 13.6 Å². The lowest BCUT2D eigenvalue weighted by Gasteiger charge is -2.28. The van der Waals surface area contributed by atoms with Crippen LogP contribution in [0.15, 0.2) is 54.6 Å². The molecule has 4 heteroatoms. The molecule has 22 heavy (non-hydrogen) atoms. The van der Waals surface area contributed by atoms with Crippen LogP contribution in [-0.2, 0) is 10.7 Å². The average molecular weight is 303 g/mol. The SMILES string of the molecule is CCC(=O)NC(c1ccc(C)cc1)C(F)(F)c1ccccc1. The molecule has 2 nitrogen and oxygen atoms in total. The molecule has 0 aliphatic heterocycles. The third kappa shape index (κ3) is 3.50. The van der Waals surface area contributed by atoms with Gasteiger partial charge in [-0.3, -0.25) is 4.79 Å². The summed E-state index contributed by atoms with van der Waals surface area (Å²) in [6.07, 6.45) is 0.160. The summed E-state index contributed by atoms with van der Waals surface area (Å²) in [5.74, 6) is -3.59. The lowest BCUT2D eigenvalue weighted by atomic mass is 9.94. The molecule has 2 rings (SSSR count). The standard InChI is InChI=1S/C18H19F2NO/c1-3-16(22)21-17(14-11-9-13(2)10-12-14)18(19,20)15-7-5-4-6-8-15/h4-12,17H,3H2,1-2H3,(H,21,22). The number of benzene rings is 2. The number of hydrogen-bond acceptors (Lipinski definition) is 1. The molecule has 0 aliphatic carbocycles. The van der Waals surface area contributed by atoms with E-state index in [1.807, 2.05) is 6.92 Å². The minimum absolute atomic E-state index is 0.114. The van der Waals surface area contributed by atoms with E-state index in [-0.39, 0.29) is 12.0 Å². The van der Waals surface area contributed by atoms with Crippen molar-refractivity contribution in [2.24, 2.45) is 0 Å². The maximum Gasteiger partial charge on any atom is 0.297 e. The summed E-state index contributed by atoms with van der Waals surface area (Å²) in [5, 5.41) is 2.45. The molecule has 0 bridgehead atoms. The zero-order valence-corrected chi connectivity index (χ0v) is 12.6. The van der Waals surface area contributed by atoms with Crippen LogP contribution in [0.4, 0.5) is 8.78 Å². The molecule has 116 valence electrons. The quantitative estimate of drug-likeness (QED) is 0.874. The van der Waals surface area contributed by atoms with Crippen molar-refractivity contribution in [1.29, 1.82) is 0 Å². The van der Waals surface area contributed by atoms with Gasteiger partial charge in [0.05, 0.1) is 0 Å². The molecule has 1 N–H and O–H groups in total. The molecule has 1 atom stereocenters. The Kier molecular flexibility index (Phi) is 4.91. The second-order valence-corrected chi connectivity index (χ2v) is 5.25. The molecule has 1 unspecified atom stereocenters. The van der Waals surface area contributed by atoms with Gasteiger partial charge < -0.3 is 5.32 Å². The van der Waals surface area contributed by atoms with Crippen molar-refractivity contribution >= 4 is 5.91 Å². The summed E-state index contributed by atoms with van der Waals surface area (Å²) in [7, 11) is 0. The third-order valence-electron chi connectivity index (χ3n) is 3.56. The molecule has 0 aliphatic rings. The first-order valence-corrected chi connectivity index (χ1v) is 7.24. The number of alkyl halides is 2. The van der Waals surface area contributed by atoms with Gasteiger partial charge in [0.25, 0.3) is 5.92 Å². The minimum atomic E-state index is -3.19. The molecule has 2 aromatic carbocycles. The number of rotatable bonds is 5. The van der Waals surface area contributed by atoms with Crippen molar-refractivity contribution in [1.82, 2.24) is 5.32 Å². The highest BCUT2D eigenvalue weighted by molar-refractivity contribution is 5.76. The maximum absolute atomic E-state index is 14.9. The number of halogens is 2. The van der Waals surface area contributed by atoms with Gasteiger partial charge in [0.15, 0.2) is 0 Å². The number of nitrogens with one attached hydrogen (secondary N) is 1. The largest absolute Gasteiger partial charge is 0.343 e. The summed E-state index contributed by atoms with van der Waals surface area (Å²) in [5.41, 5.74) is 1.26. The van der Waals surface area contributed by atoms with Crippen LogP contribution in [-0.4, -0.2) is 5.91 Å². The van der Waals surface area contributed by atoms with Crippen LogP contribution in [0.5, 0.6) is 0 Å². The van der Waals surface area contributed by atoms with E-state index in [0.29, 0.717) is 5.56 Å². The molecular formula is C18H19F2NO. The van der Waals surface area contributed by atoms with E-state index >= 15 is 0 Å². The Hall–Kier alpha value is -2.23. The lowest BCUT2D eigenvalue weighted by molar-refractivity contribution is -0.126. The van der Waals surface area contributed by atoms with Crippen LogP contribution < -0.4 is 5.32 Å². The highest BCUT2D eigenvalue weighted by Gasteiger charge is 2.43. The van der Waals surface area contributed by atoms with Crippen LogP contribution in [0.3, 0.4) is 0 Å². The van der Waals surface area contributed by atoms with E-state index in [2.05, 4.69) is 5.32 Å². The first-order valence-electron chi connectivity index (χ1n) is 7.24. The van der Waals surface area contributed by atoms with Gasteiger partial charge in [-0.2, -0.15) is 8.78 Å². The Morgan fingerprint density at radius 2 is 1.68 bits per heavy atom. The van der Waals surface area contributed by atoms with Gasteiger partial charge in [0.2, 0.25) is 5.91 Å². The maximum atomic E-state index is 14.9. The summed E-state index contributed by atoms with van der Waals surface area (Å²) >= 11 is 0. The molecular weight excluding hydrogens is 284 g/mol. The first kappa shape index (κ1) is 16.1. The van der Waals surface area contributed by atoms with Gasteiger partial charge in [-0.05, 0) is 12.5 Å². The average Bonchev–Trinajstić information content (AvgIpc) is 2.54. The topological polar surface area (TPSA) is 29.1 Å². The van der Waals surface area contributed by atoms with E-state index in [4.69, 9.17) is 0 Å². The highest BCUT2D eigenvalue weighted by atomic mass is 19.3. The van der Waals surface area contributed by atoms with Gasteiger partial charge in [0.1, 0.15) is 6.04 Å². The van der Waals surface area contributed by atoms with Crippen LogP contribution in [0.25, 0.3) is 0 Å². The monoisotopic (exact) mass is 303 g/mol. The summed E-state index contributed by atoms with van der Waals surface area (Å²) in [6.45, 7) is 3.53. The van der Waals surface area contributed by atoms with Gasteiger partial charge in [0, 0.05) is 12.0 Å². The second-order valence-electron chi connectivity index (χ2n) is 5.25. The van der Waals surface area contributed by atoms with Gasteiger partial charge >= 0.3 is 0 Å². The highest BCUT2D eigenvalue weighted by Crippen LogP contribution is 2.40. The Morgan fingerprint density at radius 3 is 2.23 bits per heavy atom. The molecule has 2 aromatic rings. The Morgan fingerprint density at radius 1 is 1.09 bits per heavy atom. The van der Waals surface area contributed by atoms with E-state index < -0.39 is 17.9 Å². The Balaban J connectivity index is 2.43. The predicted octanol–water partition coefficient (Wildman–Crippen LogP) is 4.35. The summed E-state index contributed by atoms with van der Waals surface area (Å²) < 4.78 is 29.8. The van der Waals surface area contributed by atoms with Crippen molar-refractivity contribution in [2.45, 2.75) is 32.2 Å². The zero-order chi connectivity index (χ0) is 16.2. The number of carbonyl (C=O) groups is 1. The fourth-order valence-corrected chi connectivity index (χ4v) is 2.23. The Bertz CT molecular complexity index is 623. The molecule has 0 saturated heterocycles. The fourth-order valence-electron chi connectivity index (χ4n) is 2.23. The van der Waals surface area contributed by atoms with Gasteiger partial charge in [-0.25, -0.2) is 0 Å².